The fraction of sp³-hybridized carbons (Fsp3) is 0.583. The van der Waals surface area contributed by atoms with Gasteiger partial charge in [0.25, 0.3) is 0 Å². The summed E-state index contributed by atoms with van der Waals surface area (Å²) >= 11 is 0. The number of hydrogen-bond donors (Lipinski definition) is 0. The van der Waals surface area contributed by atoms with Crippen molar-refractivity contribution in [3.63, 3.8) is 0 Å². The van der Waals surface area contributed by atoms with E-state index in [-0.39, 0.29) is 0 Å². The highest BCUT2D eigenvalue weighted by molar-refractivity contribution is 5.57. The average molecular weight is 221 g/mol. The molecule has 16 heavy (non-hydrogen) atoms. The summed E-state index contributed by atoms with van der Waals surface area (Å²) in [6.45, 7) is 6.25. The molecule has 1 aliphatic rings. The molecule has 1 aromatic rings. The Morgan fingerprint density at radius 1 is 1.25 bits per heavy atom. The van der Waals surface area contributed by atoms with E-state index in [0.717, 1.165) is 43.3 Å². The molecule has 0 aromatic carbocycles. The molecule has 88 valence electrons. The van der Waals surface area contributed by atoms with E-state index < -0.39 is 0 Å². The predicted octanol–water partition coefficient (Wildman–Crippen LogP) is 1.15. The molecule has 1 saturated heterocycles. The largest absolute Gasteiger partial charge is 0.494 e. The standard InChI is InChI=1S/C12H19N3O/c1-10-8-12(16-3)11(9-13-10)15-6-4-14(2)5-7-15/h8-9H,4-7H2,1-3H3. The molecule has 1 aliphatic heterocycles. The van der Waals surface area contributed by atoms with Gasteiger partial charge < -0.3 is 14.5 Å². The Bertz CT molecular complexity index is 359. The SMILES string of the molecule is COc1cc(C)ncc1N1CCN(C)CC1. The van der Waals surface area contributed by atoms with Crippen LogP contribution in [-0.4, -0.2) is 50.2 Å². The third-order valence-corrected chi connectivity index (χ3v) is 3.05. The van der Waals surface area contributed by atoms with Gasteiger partial charge in [0, 0.05) is 37.9 Å². The average Bonchev–Trinajstić information content (AvgIpc) is 2.30. The molecule has 0 amide bonds. The van der Waals surface area contributed by atoms with Crippen LogP contribution in [0.15, 0.2) is 12.3 Å². The van der Waals surface area contributed by atoms with Crippen molar-refractivity contribution >= 4 is 5.69 Å². The number of rotatable bonds is 2. The smallest absolute Gasteiger partial charge is 0.145 e. The number of methoxy groups -OCH3 is 1. The number of hydrogen-bond acceptors (Lipinski definition) is 4. The van der Waals surface area contributed by atoms with Gasteiger partial charge in [0.05, 0.1) is 19.0 Å². The minimum atomic E-state index is 0.928. The Morgan fingerprint density at radius 2 is 1.94 bits per heavy atom. The Labute approximate surface area is 96.8 Å². The first-order valence-electron chi connectivity index (χ1n) is 5.65. The topological polar surface area (TPSA) is 28.6 Å². The van der Waals surface area contributed by atoms with Crippen molar-refractivity contribution < 1.29 is 4.74 Å². The zero-order valence-electron chi connectivity index (χ0n) is 10.2. The number of nitrogens with zero attached hydrogens (tertiary/aromatic N) is 3. The molecular weight excluding hydrogens is 202 g/mol. The van der Waals surface area contributed by atoms with E-state index in [1.165, 1.54) is 0 Å². The normalized spacial score (nSPS) is 17.6. The third-order valence-electron chi connectivity index (χ3n) is 3.05. The van der Waals surface area contributed by atoms with Crippen LogP contribution in [0.1, 0.15) is 5.69 Å². The van der Waals surface area contributed by atoms with Crippen LogP contribution in [0, 0.1) is 6.92 Å². The number of pyridine rings is 1. The van der Waals surface area contributed by atoms with E-state index in [1.54, 1.807) is 7.11 Å². The van der Waals surface area contributed by atoms with Crippen molar-refractivity contribution in [2.24, 2.45) is 0 Å². The van der Waals surface area contributed by atoms with Crippen LogP contribution in [0.3, 0.4) is 0 Å². The summed E-state index contributed by atoms with van der Waals surface area (Å²) in [6, 6.07) is 1.99. The lowest BCUT2D eigenvalue weighted by Gasteiger charge is -2.34. The lowest BCUT2D eigenvalue weighted by Crippen LogP contribution is -2.44. The Kier molecular flexibility index (Phi) is 3.29. The van der Waals surface area contributed by atoms with Gasteiger partial charge in [0.2, 0.25) is 0 Å². The molecule has 0 saturated carbocycles. The highest BCUT2D eigenvalue weighted by Gasteiger charge is 2.17. The number of aromatic nitrogens is 1. The number of aryl methyl sites for hydroxylation is 1. The monoisotopic (exact) mass is 221 g/mol. The van der Waals surface area contributed by atoms with E-state index in [9.17, 15) is 0 Å². The highest BCUT2D eigenvalue weighted by Crippen LogP contribution is 2.28. The second kappa shape index (κ2) is 4.70. The summed E-state index contributed by atoms with van der Waals surface area (Å²) in [4.78, 5) is 9.02. The van der Waals surface area contributed by atoms with Crippen LogP contribution in [0.25, 0.3) is 0 Å². The molecule has 0 atom stereocenters. The first-order valence-corrected chi connectivity index (χ1v) is 5.65. The first-order chi connectivity index (χ1) is 7.70. The van der Waals surface area contributed by atoms with E-state index in [4.69, 9.17) is 4.74 Å². The second-order valence-corrected chi connectivity index (χ2v) is 4.29. The molecule has 1 fully saturated rings. The zero-order chi connectivity index (χ0) is 11.5. The van der Waals surface area contributed by atoms with Crippen LogP contribution >= 0.6 is 0 Å². The third kappa shape index (κ3) is 2.27. The van der Waals surface area contributed by atoms with Gasteiger partial charge in [-0.25, -0.2) is 0 Å². The van der Waals surface area contributed by atoms with Crippen molar-refractivity contribution in [3.05, 3.63) is 18.0 Å². The van der Waals surface area contributed by atoms with Crippen molar-refractivity contribution in [1.29, 1.82) is 0 Å². The van der Waals surface area contributed by atoms with E-state index in [2.05, 4.69) is 21.8 Å². The molecular formula is C12H19N3O. The summed E-state index contributed by atoms with van der Waals surface area (Å²) in [5, 5.41) is 0. The molecule has 2 heterocycles. The maximum Gasteiger partial charge on any atom is 0.145 e. The van der Waals surface area contributed by atoms with Gasteiger partial charge >= 0.3 is 0 Å². The van der Waals surface area contributed by atoms with Crippen LogP contribution in [0.4, 0.5) is 5.69 Å². The molecule has 2 rings (SSSR count). The summed E-state index contributed by atoms with van der Waals surface area (Å²) in [6.07, 6.45) is 1.92. The van der Waals surface area contributed by atoms with Crippen molar-refractivity contribution in [2.75, 3.05) is 45.2 Å². The molecule has 0 radical (unpaired) electrons. The highest BCUT2D eigenvalue weighted by atomic mass is 16.5. The number of anilines is 1. The maximum absolute atomic E-state index is 5.41. The summed E-state index contributed by atoms with van der Waals surface area (Å²) in [7, 11) is 3.87. The molecule has 1 aromatic heterocycles. The van der Waals surface area contributed by atoms with Gasteiger partial charge in [0.15, 0.2) is 0 Å². The van der Waals surface area contributed by atoms with E-state index in [1.807, 2.05) is 19.2 Å². The first kappa shape index (κ1) is 11.2. The molecule has 0 N–H and O–H groups in total. The van der Waals surface area contributed by atoms with Gasteiger partial charge in [0.1, 0.15) is 5.75 Å². The van der Waals surface area contributed by atoms with E-state index in [0.29, 0.717) is 0 Å². The fourth-order valence-electron chi connectivity index (χ4n) is 1.98. The van der Waals surface area contributed by atoms with Crippen molar-refractivity contribution in [1.82, 2.24) is 9.88 Å². The van der Waals surface area contributed by atoms with Gasteiger partial charge in [-0.2, -0.15) is 0 Å². The minimum absolute atomic E-state index is 0.928. The summed E-state index contributed by atoms with van der Waals surface area (Å²) in [5.74, 6) is 0.928. The molecule has 4 heteroatoms. The molecule has 4 nitrogen and oxygen atoms in total. The number of piperazine rings is 1. The van der Waals surface area contributed by atoms with Crippen LogP contribution in [0.5, 0.6) is 5.75 Å². The quantitative estimate of drug-likeness (QED) is 0.749. The van der Waals surface area contributed by atoms with Gasteiger partial charge in [-0.1, -0.05) is 0 Å². The van der Waals surface area contributed by atoms with Crippen molar-refractivity contribution in [2.45, 2.75) is 6.92 Å². The molecule has 0 bridgehead atoms. The summed E-state index contributed by atoms with van der Waals surface area (Å²) in [5.41, 5.74) is 2.11. The lowest BCUT2D eigenvalue weighted by molar-refractivity contribution is 0.311. The number of likely N-dealkylation sites (N-methyl/N-ethyl adjacent to an activating group) is 1. The summed E-state index contributed by atoms with van der Waals surface area (Å²) < 4.78 is 5.41. The Morgan fingerprint density at radius 3 is 2.56 bits per heavy atom. The lowest BCUT2D eigenvalue weighted by atomic mass is 10.2. The van der Waals surface area contributed by atoms with Gasteiger partial charge in [-0.05, 0) is 14.0 Å². The molecule has 0 aliphatic carbocycles. The maximum atomic E-state index is 5.41. The molecule has 0 spiro atoms. The van der Waals surface area contributed by atoms with Crippen molar-refractivity contribution in [3.8, 4) is 5.75 Å². The predicted molar refractivity (Wildman–Crippen MR) is 65.2 cm³/mol. The van der Waals surface area contributed by atoms with Crippen LogP contribution in [0.2, 0.25) is 0 Å². The zero-order valence-corrected chi connectivity index (χ0v) is 10.2. The second-order valence-electron chi connectivity index (χ2n) is 4.29. The minimum Gasteiger partial charge on any atom is -0.494 e. The number of ether oxygens (including phenoxy) is 1. The Hall–Kier alpha value is -1.29. The molecule has 0 unspecified atom stereocenters. The fourth-order valence-corrected chi connectivity index (χ4v) is 1.98. The van der Waals surface area contributed by atoms with Crippen LogP contribution < -0.4 is 9.64 Å². The Balaban J connectivity index is 2.19. The van der Waals surface area contributed by atoms with Gasteiger partial charge in [-0.3, -0.25) is 4.98 Å². The van der Waals surface area contributed by atoms with Crippen LogP contribution in [-0.2, 0) is 0 Å². The van der Waals surface area contributed by atoms with Gasteiger partial charge in [-0.15, -0.1) is 0 Å². The van der Waals surface area contributed by atoms with E-state index >= 15 is 0 Å².